The van der Waals surface area contributed by atoms with Crippen LogP contribution < -0.4 is 9.80 Å². The fourth-order valence-corrected chi connectivity index (χ4v) is 12.1. The molecule has 3 aliphatic carbocycles. The number of hydrogen-bond acceptors (Lipinski definition) is 2. The Bertz CT molecular complexity index is 3820. The Hall–Kier alpha value is -8.98. The number of fused-ring (bicyclic) bond motifs is 4. The second kappa shape index (κ2) is 18.6. The molecule has 73 heavy (non-hydrogen) atoms. The Morgan fingerprint density at radius 3 is 1.67 bits per heavy atom. The predicted molar refractivity (Wildman–Crippen MR) is 308 cm³/mol. The topological polar surface area (TPSA) is 6.48 Å². The molecule has 3 aliphatic rings. The van der Waals surface area contributed by atoms with Crippen LogP contribution in [0.3, 0.4) is 0 Å². The summed E-state index contributed by atoms with van der Waals surface area (Å²) in [6.07, 6.45) is 15.5. The molecule has 10 aromatic rings. The minimum Gasteiger partial charge on any atom is -0.311 e. The molecule has 0 heterocycles. The molecule has 0 N–H and O–H groups in total. The van der Waals surface area contributed by atoms with Gasteiger partial charge in [-0.05, 0) is 139 Å². The molecule has 0 saturated carbocycles. The maximum absolute atomic E-state index is 2.59. The molecule has 3 atom stereocenters. The van der Waals surface area contributed by atoms with Crippen LogP contribution in [0.5, 0.6) is 0 Å². The van der Waals surface area contributed by atoms with Gasteiger partial charge in [0, 0.05) is 51.4 Å². The van der Waals surface area contributed by atoms with Gasteiger partial charge < -0.3 is 9.80 Å². The third-order valence-corrected chi connectivity index (χ3v) is 15.6. The van der Waals surface area contributed by atoms with Crippen LogP contribution in [0, 0.1) is 5.92 Å². The maximum atomic E-state index is 2.59. The first kappa shape index (κ1) is 44.0. The molecule has 0 amide bonds. The lowest BCUT2D eigenvalue weighted by Gasteiger charge is -2.47. The van der Waals surface area contributed by atoms with Crippen LogP contribution in [0.4, 0.5) is 22.7 Å². The summed E-state index contributed by atoms with van der Waals surface area (Å²) in [5, 5.41) is 4.98. The fourth-order valence-electron chi connectivity index (χ4n) is 12.1. The van der Waals surface area contributed by atoms with Crippen molar-refractivity contribution in [1.82, 2.24) is 0 Å². The zero-order valence-corrected chi connectivity index (χ0v) is 40.9. The summed E-state index contributed by atoms with van der Waals surface area (Å²) < 4.78 is 0. The highest BCUT2D eigenvalue weighted by atomic mass is 15.2. The summed E-state index contributed by atoms with van der Waals surface area (Å²) in [4.78, 5) is 4.90. The highest BCUT2D eigenvalue weighted by Crippen LogP contribution is 2.57. The van der Waals surface area contributed by atoms with Gasteiger partial charge in [-0.3, -0.25) is 0 Å². The van der Waals surface area contributed by atoms with Gasteiger partial charge in [-0.25, -0.2) is 0 Å². The van der Waals surface area contributed by atoms with E-state index in [1.165, 1.54) is 77.3 Å². The number of para-hydroxylation sites is 2. The smallest absolute Gasteiger partial charge is 0.0468 e. The van der Waals surface area contributed by atoms with Crippen LogP contribution in [0.25, 0.3) is 38.2 Å². The molecule has 0 saturated heterocycles. The Kier molecular flexibility index (Phi) is 11.2. The van der Waals surface area contributed by atoms with Gasteiger partial charge in [-0.1, -0.05) is 231 Å². The summed E-state index contributed by atoms with van der Waals surface area (Å²) in [6, 6.07) is 91.2. The first-order valence-electron chi connectivity index (χ1n) is 25.6. The molecule has 0 radical (unpaired) electrons. The number of nitrogens with zero attached hydrogens (tertiary/aromatic N) is 2. The van der Waals surface area contributed by atoms with E-state index in [1.54, 1.807) is 0 Å². The molecular formula is C71H54N2. The first-order valence-corrected chi connectivity index (χ1v) is 25.6. The minimum atomic E-state index is -0.513. The lowest BCUT2D eigenvalue weighted by molar-refractivity contribution is 0.464. The van der Waals surface area contributed by atoms with Crippen molar-refractivity contribution >= 4 is 49.9 Å². The van der Waals surface area contributed by atoms with Gasteiger partial charge in [0.25, 0.3) is 0 Å². The zero-order valence-electron chi connectivity index (χ0n) is 40.9. The van der Waals surface area contributed by atoms with Crippen LogP contribution >= 0.6 is 0 Å². The van der Waals surface area contributed by atoms with Gasteiger partial charge in [0.05, 0.1) is 0 Å². The van der Waals surface area contributed by atoms with E-state index >= 15 is 0 Å². The average Bonchev–Trinajstić information content (AvgIpc) is 3.47. The van der Waals surface area contributed by atoms with Crippen LogP contribution in [-0.2, 0) is 5.41 Å². The second-order valence-electron chi connectivity index (χ2n) is 19.7. The molecule has 0 aromatic heterocycles. The van der Waals surface area contributed by atoms with Gasteiger partial charge >= 0.3 is 0 Å². The van der Waals surface area contributed by atoms with Crippen molar-refractivity contribution in [2.24, 2.45) is 5.92 Å². The standard InChI is InChI=1S/C71H54N2/c1-71(67-35-19-27-55-25-15-17-33-63(55)67)68-47-45-60(72(56-28-10-4-11-29-56)58-40-36-52(37-41-58)50-20-6-2-7-21-50)48-66(68)70(64-34-18-26-54-24-14-16-32-62(54)64)65-46-44-61(49-69(65)71)73(57-30-12-5-13-31-57)59-42-38-53(39-43-59)51-22-8-3-9-23-51/h2-38,40-49,53,69H,39H2,1H3. The van der Waals surface area contributed by atoms with Crippen molar-refractivity contribution in [1.29, 1.82) is 0 Å². The highest BCUT2D eigenvalue weighted by molar-refractivity contribution is 6.02. The molecule has 348 valence electrons. The number of hydrogen-bond donors (Lipinski definition) is 0. The molecular weight excluding hydrogens is 881 g/mol. The van der Waals surface area contributed by atoms with Gasteiger partial charge in [-0.2, -0.15) is 0 Å². The largest absolute Gasteiger partial charge is 0.311 e. The van der Waals surface area contributed by atoms with Gasteiger partial charge in [-0.15, -0.1) is 0 Å². The van der Waals surface area contributed by atoms with Crippen molar-refractivity contribution in [3.8, 4) is 11.1 Å². The Balaban J connectivity index is 1.05. The SMILES string of the molecule is CC1(c2cccc3ccccc23)c2ccc(N(c3ccccc3)c3ccc(-c4ccccc4)cc3)cc2C(c2cccc3ccccc23)=C2C=CC(N(C3=CCC(c4ccccc4)C=C3)c3ccccc3)=CC21. The monoisotopic (exact) mass is 934 g/mol. The van der Waals surface area contributed by atoms with Crippen LogP contribution in [-0.4, -0.2) is 0 Å². The van der Waals surface area contributed by atoms with Crippen LogP contribution in [0.2, 0.25) is 0 Å². The van der Waals surface area contributed by atoms with E-state index in [9.17, 15) is 0 Å². The van der Waals surface area contributed by atoms with E-state index in [0.29, 0.717) is 5.92 Å². The molecule has 0 fully saturated rings. The van der Waals surface area contributed by atoms with Gasteiger partial charge in [0.2, 0.25) is 0 Å². The zero-order chi connectivity index (χ0) is 48.7. The molecule has 0 aliphatic heterocycles. The van der Waals surface area contributed by atoms with Crippen LogP contribution in [0.1, 0.15) is 47.1 Å². The molecule has 13 rings (SSSR count). The molecule has 3 unspecified atom stereocenters. The van der Waals surface area contributed by atoms with Crippen molar-refractivity contribution in [3.63, 3.8) is 0 Å². The average molecular weight is 935 g/mol. The summed E-state index contributed by atoms with van der Waals surface area (Å²) in [6.45, 7) is 2.51. The molecule has 2 heteroatoms. The Labute approximate surface area is 429 Å². The van der Waals surface area contributed by atoms with E-state index < -0.39 is 5.41 Å². The lowest BCUT2D eigenvalue weighted by Crippen LogP contribution is -2.39. The quantitative estimate of drug-likeness (QED) is 0.135. The third-order valence-electron chi connectivity index (χ3n) is 15.6. The predicted octanol–water partition coefficient (Wildman–Crippen LogP) is 18.5. The van der Waals surface area contributed by atoms with Crippen molar-refractivity contribution in [3.05, 3.63) is 330 Å². The molecule has 0 bridgehead atoms. The van der Waals surface area contributed by atoms with Crippen molar-refractivity contribution < 1.29 is 0 Å². The van der Waals surface area contributed by atoms with Crippen molar-refractivity contribution in [2.45, 2.75) is 24.7 Å². The van der Waals surface area contributed by atoms with Crippen molar-refractivity contribution in [2.75, 3.05) is 9.80 Å². The third kappa shape index (κ3) is 7.84. The summed E-state index contributed by atoms with van der Waals surface area (Å²) >= 11 is 0. The summed E-state index contributed by atoms with van der Waals surface area (Å²) in [7, 11) is 0. The number of anilines is 4. The van der Waals surface area contributed by atoms with Gasteiger partial charge in [0.15, 0.2) is 0 Å². The normalized spacial score (nSPS) is 17.9. The second-order valence-corrected chi connectivity index (χ2v) is 19.7. The van der Waals surface area contributed by atoms with E-state index in [2.05, 4.69) is 302 Å². The van der Waals surface area contributed by atoms with Gasteiger partial charge in [0.1, 0.15) is 0 Å². The highest BCUT2D eigenvalue weighted by Gasteiger charge is 2.47. The summed E-state index contributed by atoms with van der Waals surface area (Å²) in [5.74, 6) is 0.273. The number of rotatable bonds is 10. The maximum Gasteiger partial charge on any atom is 0.0468 e. The fraction of sp³-hybridized carbons (Fsp3) is 0.0704. The van der Waals surface area contributed by atoms with E-state index in [-0.39, 0.29) is 5.92 Å². The lowest BCUT2D eigenvalue weighted by atomic mass is 9.57. The van der Waals surface area contributed by atoms with Crippen LogP contribution in [0.15, 0.2) is 302 Å². The van der Waals surface area contributed by atoms with E-state index in [0.717, 1.165) is 34.9 Å². The number of benzene rings is 10. The molecule has 0 spiro atoms. The Morgan fingerprint density at radius 2 is 0.973 bits per heavy atom. The Morgan fingerprint density at radius 1 is 0.411 bits per heavy atom. The summed E-state index contributed by atoms with van der Waals surface area (Å²) in [5.41, 5.74) is 17.7. The molecule has 10 aromatic carbocycles. The molecule has 2 nitrogen and oxygen atoms in total. The first-order chi connectivity index (χ1) is 36.1. The van der Waals surface area contributed by atoms with E-state index in [1.807, 2.05) is 0 Å². The minimum absolute atomic E-state index is 0.0576. The van der Waals surface area contributed by atoms with E-state index in [4.69, 9.17) is 0 Å². The number of allylic oxidation sites excluding steroid dienone is 7.